The maximum atomic E-state index is 12.1. The van der Waals surface area contributed by atoms with Gasteiger partial charge in [-0.1, -0.05) is 24.3 Å². The molecular weight excluding hydrogens is 314 g/mol. The van der Waals surface area contributed by atoms with E-state index >= 15 is 0 Å². The van der Waals surface area contributed by atoms with Gasteiger partial charge in [-0.3, -0.25) is 9.69 Å². The number of para-hydroxylation sites is 1. The molecule has 1 saturated heterocycles. The Morgan fingerprint density at radius 2 is 1.92 bits per heavy atom. The minimum Gasteiger partial charge on any atom is -0.369 e. The monoisotopic (exact) mass is 345 g/mol. The fraction of sp³-hybridized carbons (Fsp3) is 0.550. The Morgan fingerprint density at radius 1 is 1.24 bits per heavy atom. The van der Waals surface area contributed by atoms with Gasteiger partial charge in [-0.2, -0.15) is 0 Å². The molecule has 5 nitrogen and oxygen atoms in total. The minimum absolute atomic E-state index is 0.0427. The highest BCUT2D eigenvalue weighted by atomic mass is 16.5. The molecular formula is C20H31N3O2. The number of anilines is 1. The van der Waals surface area contributed by atoms with Crippen molar-refractivity contribution in [3.05, 3.63) is 43.0 Å². The summed E-state index contributed by atoms with van der Waals surface area (Å²) in [6.07, 6.45) is 2.14. The van der Waals surface area contributed by atoms with E-state index in [2.05, 4.69) is 52.9 Å². The first-order valence-corrected chi connectivity index (χ1v) is 9.16. The summed E-state index contributed by atoms with van der Waals surface area (Å²) in [6.45, 7) is 12.9. The first kappa shape index (κ1) is 19.5. The Kier molecular flexibility index (Phi) is 7.95. The standard InChI is InChI=1S/C20H31N3O2/c1-4-5-15-25-18(3)20(24)21-16-17(2)22-11-13-23(14-12-22)19-9-7-6-8-10-19/h4,6-10,17-18H,1,5,11-16H2,2-3H3,(H,21,24). The normalized spacial score (nSPS) is 17.8. The van der Waals surface area contributed by atoms with Gasteiger partial charge in [0.1, 0.15) is 6.10 Å². The van der Waals surface area contributed by atoms with Crippen LogP contribution in [0.2, 0.25) is 0 Å². The van der Waals surface area contributed by atoms with Crippen molar-refractivity contribution >= 4 is 11.6 Å². The first-order chi connectivity index (χ1) is 12.1. The van der Waals surface area contributed by atoms with Gasteiger partial charge >= 0.3 is 0 Å². The van der Waals surface area contributed by atoms with Gasteiger partial charge in [0.05, 0.1) is 6.61 Å². The lowest BCUT2D eigenvalue weighted by Crippen LogP contribution is -2.53. The molecule has 5 heteroatoms. The number of benzene rings is 1. The van der Waals surface area contributed by atoms with E-state index in [4.69, 9.17) is 4.74 Å². The van der Waals surface area contributed by atoms with Gasteiger partial charge in [0.2, 0.25) is 5.91 Å². The van der Waals surface area contributed by atoms with Crippen LogP contribution < -0.4 is 10.2 Å². The molecule has 2 atom stereocenters. The van der Waals surface area contributed by atoms with Crippen LogP contribution >= 0.6 is 0 Å². The van der Waals surface area contributed by atoms with Gasteiger partial charge in [0, 0.05) is 44.5 Å². The van der Waals surface area contributed by atoms with E-state index in [-0.39, 0.29) is 5.91 Å². The van der Waals surface area contributed by atoms with Gasteiger partial charge in [-0.25, -0.2) is 0 Å². The minimum atomic E-state index is -0.415. The van der Waals surface area contributed by atoms with Gasteiger partial charge in [-0.15, -0.1) is 6.58 Å². The Bertz CT molecular complexity index is 527. The summed E-state index contributed by atoms with van der Waals surface area (Å²) in [5.41, 5.74) is 1.29. The summed E-state index contributed by atoms with van der Waals surface area (Å²) in [5.74, 6) is -0.0427. The van der Waals surface area contributed by atoms with Crippen LogP contribution in [0.15, 0.2) is 43.0 Å². The molecule has 1 amide bonds. The maximum Gasteiger partial charge on any atom is 0.248 e. The predicted octanol–water partition coefficient (Wildman–Crippen LogP) is 2.29. The number of carbonyl (C=O) groups excluding carboxylic acids is 1. The van der Waals surface area contributed by atoms with Crippen LogP contribution in [-0.4, -0.2) is 62.3 Å². The van der Waals surface area contributed by atoms with Gasteiger partial charge in [0.15, 0.2) is 0 Å². The smallest absolute Gasteiger partial charge is 0.248 e. The zero-order valence-corrected chi connectivity index (χ0v) is 15.5. The number of hydrogen-bond acceptors (Lipinski definition) is 4. The molecule has 0 spiro atoms. The number of nitrogens with one attached hydrogen (secondary N) is 1. The van der Waals surface area contributed by atoms with Crippen molar-refractivity contribution in [2.75, 3.05) is 44.2 Å². The van der Waals surface area contributed by atoms with E-state index < -0.39 is 6.10 Å². The number of piperazine rings is 1. The fourth-order valence-electron chi connectivity index (χ4n) is 2.98. The molecule has 25 heavy (non-hydrogen) atoms. The van der Waals surface area contributed by atoms with Crippen LogP contribution in [0, 0.1) is 0 Å². The fourth-order valence-corrected chi connectivity index (χ4v) is 2.98. The van der Waals surface area contributed by atoms with E-state index in [1.54, 1.807) is 13.0 Å². The molecule has 0 radical (unpaired) electrons. The molecule has 0 bridgehead atoms. The predicted molar refractivity (Wildman–Crippen MR) is 103 cm³/mol. The van der Waals surface area contributed by atoms with E-state index in [0.717, 1.165) is 32.6 Å². The third-order valence-corrected chi connectivity index (χ3v) is 4.69. The number of hydrogen-bond donors (Lipinski definition) is 1. The number of amides is 1. The summed E-state index contributed by atoms with van der Waals surface area (Å²) in [4.78, 5) is 16.9. The van der Waals surface area contributed by atoms with E-state index in [9.17, 15) is 4.79 Å². The average molecular weight is 345 g/mol. The second-order valence-corrected chi connectivity index (χ2v) is 6.54. The third kappa shape index (κ3) is 6.18. The highest BCUT2D eigenvalue weighted by Crippen LogP contribution is 2.16. The van der Waals surface area contributed by atoms with Gasteiger partial charge in [-0.05, 0) is 32.4 Å². The van der Waals surface area contributed by atoms with E-state index in [0.29, 0.717) is 19.2 Å². The van der Waals surface area contributed by atoms with Crippen molar-refractivity contribution in [3.63, 3.8) is 0 Å². The molecule has 1 aromatic rings. The zero-order chi connectivity index (χ0) is 18.1. The maximum absolute atomic E-state index is 12.1. The second kappa shape index (κ2) is 10.2. The Labute approximate surface area is 151 Å². The second-order valence-electron chi connectivity index (χ2n) is 6.54. The molecule has 1 aliphatic heterocycles. The number of rotatable bonds is 9. The van der Waals surface area contributed by atoms with Gasteiger partial charge < -0.3 is 15.0 Å². The van der Waals surface area contributed by atoms with E-state index in [1.165, 1.54) is 5.69 Å². The highest BCUT2D eigenvalue weighted by molar-refractivity contribution is 5.80. The number of carbonyl (C=O) groups is 1. The lowest BCUT2D eigenvalue weighted by atomic mass is 10.2. The van der Waals surface area contributed by atoms with Crippen molar-refractivity contribution < 1.29 is 9.53 Å². The largest absolute Gasteiger partial charge is 0.369 e. The molecule has 2 unspecified atom stereocenters. The zero-order valence-electron chi connectivity index (χ0n) is 15.5. The van der Waals surface area contributed by atoms with Crippen molar-refractivity contribution in [2.24, 2.45) is 0 Å². The average Bonchev–Trinajstić information content (AvgIpc) is 2.66. The lowest BCUT2D eigenvalue weighted by molar-refractivity contribution is -0.131. The summed E-state index contributed by atoms with van der Waals surface area (Å²) in [7, 11) is 0. The van der Waals surface area contributed by atoms with Crippen LogP contribution in [0.25, 0.3) is 0 Å². The van der Waals surface area contributed by atoms with Crippen LogP contribution in [0.1, 0.15) is 20.3 Å². The number of nitrogens with zero attached hydrogens (tertiary/aromatic N) is 2. The van der Waals surface area contributed by atoms with Crippen molar-refractivity contribution in [1.29, 1.82) is 0 Å². The SMILES string of the molecule is C=CCCOC(C)C(=O)NCC(C)N1CCN(c2ccccc2)CC1. The highest BCUT2D eigenvalue weighted by Gasteiger charge is 2.22. The van der Waals surface area contributed by atoms with E-state index in [1.807, 2.05) is 6.07 Å². The Hall–Kier alpha value is -1.85. The summed E-state index contributed by atoms with van der Waals surface area (Å²) < 4.78 is 5.48. The van der Waals surface area contributed by atoms with Crippen LogP contribution in [0.5, 0.6) is 0 Å². The molecule has 0 saturated carbocycles. The van der Waals surface area contributed by atoms with Crippen molar-refractivity contribution in [3.8, 4) is 0 Å². The summed E-state index contributed by atoms with van der Waals surface area (Å²) in [6, 6.07) is 10.9. The summed E-state index contributed by atoms with van der Waals surface area (Å²) in [5, 5.41) is 3.00. The third-order valence-electron chi connectivity index (χ3n) is 4.69. The first-order valence-electron chi connectivity index (χ1n) is 9.16. The van der Waals surface area contributed by atoms with Crippen LogP contribution in [0.4, 0.5) is 5.69 Å². The summed E-state index contributed by atoms with van der Waals surface area (Å²) >= 11 is 0. The van der Waals surface area contributed by atoms with Crippen molar-refractivity contribution in [2.45, 2.75) is 32.4 Å². The van der Waals surface area contributed by atoms with Crippen LogP contribution in [-0.2, 0) is 9.53 Å². The Morgan fingerprint density at radius 3 is 2.56 bits per heavy atom. The molecule has 1 aromatic carbocycles. The molecule has 1 aliphatic rings. The molecule has 2 rings (SSSR count). The molecule has 1 fully saturated rings. The number of ether oxygens (including phenoxy) is 1. The van der Waals surface area contributed by atoms with Crippen LogP contribution in [0.3, 0.4) is 0 Å². The molecule has 1 heterocycles. The van der Waals surface area contributed by atoms with Crippen molar-refractivity contribution in [1.82, 2.24) is 10.2 Å². The molecule has 1 N–H and O–H groups in total. The Balaban J connectivity index is 1.69. The topological polar surface area (TPSA) is 44.8 Å². The quantitative estimate of drug-likeness (QED) is 0.551. The van der Waals surface area contributed by atoms with Gasteiger partial charge in [0.25, 0.3) is 0 Å². The molecule has 138 valence electrons. The lowest BCUT2D eigenvalue weighted by Gasteiger charge is -2.39. The molecule has 0 aromatic heterocycles. The molecule has 0 aliphatic carbocycles.